The molecule has 0 saturated carbocycles. The van der Waals surface area contributed by atoms with Crippen molar-refractivity contribution in [2.24, 2.45) is 0 Å². The molecule has 12 aromatic carbocycles. The predicted octanol–water partition coefficient (Wildman–Crippen LogP) is 29.8. The van der Waals surface area contributed by atoms with Crippen LogP contribution >= 0.6 is 0 Å². The maximum Gasteiger partial charge on any atom is 0.194 e. The van der Waals surface area contributed by atoms with Crippen molar-refractivity contribution < 1.29 is 4.79 Å². The fraction of sp³-hybridized carbons (Fsp3) is 0.369. The lowest BCUT2D eigenvalue weighted by Gasteiger charge is -2.37. The molecule has 3 aliphatic carbocycles. The Labute approximate surface area is 628 Å². The second kappa shape index (κ2) is 27.4. The van der Waals surface area contributed by atoms with E-state index >= 15 is 0 Å². The summed E-state index contributed by atoms with van der Waals surface area (Å²) >= 11 is 0. The first-order valence-electron chi connectivity index (χ1n) is 37.6. The largest absolute Gasteiger partial charge is 0.289 e. The molecule has 0 fully saturated rings. The van der Waals surface area contributed by atoms with E-state index in [1.165, 1.54) is 143 Å². The first-order valence-corrected chi connectivity index (χ1v) is 37.6. The van der Waals surface area contributed by atoms with Gasteiger partial charge >= 0.3 is 0 Å². The Hall–Kier alpha value is -8.65. The number of carbonyl (C=O) groups is 1. The summed E-state index contributed by atoms with van der Waals surface area (Å²) in [5.74, 6) is 0.148. The summed E-state index contributed by atoms with van der Waals surface area (Å²) in [5.41, 5.74) is 30.0. The Morgan fingerprint density at radius 1 is 0.250 bits per heavy atom. The zero-order chi connectivity index (χ0) is 74.1. The quantitative estimate of drug-likeness (QED) is 0.160. The molecule has 3 aliphatic rings. The highest BCUT2D eigenvalue weighted by atomic mass is 16.1. The van der Waals surface area contributed by atoms with Crippen molar-refractivity contribution in [3.63, 3.8) is 0 Å². The average Bonchev–Trinajstić information content (AvgIpc) is 0.713. The van der Waals surface area contributed by atoms with Crippen molar-refractivity contribution in [2.45, 2.75) is 250 Å². The maximum atomic E-state index is 13.3. The van der Waals surface area contributed by atoms with Gasteiger partial charge < -0.3 is 0 Å². The standard InChI is InChI=1S/C27H32.C25H26O.C25H28.C24H28.2CH4/c1-25(2,3)17-12-13-18-19-10-9-11-20-21(26(4,5)6)14-15-22(24(19)20)27(7,8)23(18)16-17;1-24(2,3)15-10-11-16-17-8-7-9-18-21(25(4,5)6)13-12-19(22(17)18)23(26)20(16)14-15;1-24(2,3)18-11-12-19-17(15-18)14-16-10-13-22(25(4,5)6)21-9-7-8-20(19)23(16)21;1-23(2,3)18-15-13-17(14-16-18)19-9-7-11-21-20(19)10-8-12-22(21)24(4,5)6;;/h9-16H,1-8H3;7-14H,1-6H3;7-13,15H,14H2,1-6H3;7-16H,1-6H3;2*1H4. The van der Waals surface area contributed by atoms with Crippen LogP contribution in [0.1, 0.15) is 278 Å². The van der Waals surface area contributed by atoms with Gasteiger partial charge in [-0.2, -0.15) is 0 Å². The molecule has 1 heteroatoms. The minimum Gasteiger partial charge on any atom is -0.289 e. The van der Waals surface area contributed by atoms with Crippen molar-refractivity contribution in [1.29, 1.82) is 0 Å². The van der Waals surface area contributed by atoms with E-state index < -0.39 is 0 Å². The Balaban J connectivity index is 0.000000148. The minimum absolute atomic E-state index is 0. The van der Waals surface area contributed by atoms with E-state index in [2.05, 4.69) is 380 Å². The number of rotatable bonds is 1. The normalized spacial score (nSPS) is 13.8. The van der Waals surface area contributed by atoms with Gasteiger partial charge in [0.1, 0.15) is 0 Å². The van der Waals surface area contributed by atoms with Crippen molar-refractivity contribution >= 4 is 48.9 Å². The summed E-state index contributed by atoms with van der Waals surface area (Å²) in [4.78, 5) is 13.3. The van der Waals surface area contributed by atoms with Crippen molar-refractivity contribution in [3.8, 4) is 44.5 Å². The molecule has 0 aromatic heterocycles. The number of ketones is 1. The topological polar surface area (TPSA) is 17.1 Å². The van der Waals surface area contributed by atoms with E-state index in [0.717, 1.165) is 28.5 Å². The number of carbonyl (C=O) groups excluding carboxylic acids is 1. The van der Waals surface area contributed by atoms with Crippen molar-refractivity contribution in [2.75, 3.05) is 0 Å². The molecule has 12 aromatic rings. The van der Waals surface area contributed by atoms with E-state index in [1.54, 1.807) is 0 Å². The van der Waals surface area contributed by atoms with Crippen LogP contribution in [0.25, 0.3) is 87.6 Å². The van der Waals surface area contributed by atoms with Gasteiger partial charge in [0.15, 0.2) is 5.78 Å². The van der Waals surface area contributed by atoms with Gasteiger partial charge in [-0.1, -0.05) is 395 Å². The Morgan fingerprint density at radius 2 is 0.625 bits per heavy atom. The Morgan fingerprint density at radius 3 is 1.14 bits per heavy atom. The molecule has 0 radical (unpaired) electrons. The zero-order valence-corrected chi connectivity index (χ0v) is 66.7. The van der Waals surface area contributed by atoms with Crippen LogP contribution in [0.15, 0.2) is 206 Å². The minimum atomic E-state index is -0.000386. The summed E-state index contributed by atoms with van der Waals surface area (Å²) in [5, 5.41) is 10.8. The first-order chi connectivity index (χ1) is 47.3. The van der Waals surface area contributed by atoms with Crippen LogP contribution in [0.3, 0.4) is 0 Å². The summed E-state index contributed by atoms with van der Waals surface area (Å²) in [6.45, 7) is 59.3. The van der Waals surface area contributed by atoms with E-state index in [9.17, 15) is 4.79 Å². The fourth-order valence-electron chi connectivity index (χ4n) is 16.3. The molecule has 104 heavy (non-hydrogen) atoms. The van der Waals surface area contributed by atoms with E-state index in [0.29, 0.717) is 0 Å². The lowest BCUT2D eigenvalue weighted by molar-refractivity contribution is 0.104. The number of benzene rings is 12. The number of hydrogen-bond donors (Lipinski definition) is 0. The van der Waals surface area contributed by atoms with Gasteiger partial charge in [-0.25, -0.2) is 0 Å². The monoisotopic (exact) mass is 1370 g/mol. The van der Waals surface area contributed by atoms with Crippen LogP contribution in [0, 0.1) is 0 Å². The average molecular weight is 1380 g/mol. The molecule has 540 valence electrons. The van der Waals surface area contributed by atoms with E-state index in [-0.39, 0.29) is 69.4 Å². The number of hydrogen-bond acceptors (Lipinski definition) is 1. The summed E-state index contributed by atoms with van der Waals surface area (Å²) < 4.78 is 0. The molecular formula is C103H122O. The lowest BCUT2D eigenvalue weighted by Crippen LogP contribution is -2.26. The third-order valence-electron chi connectivity index (χ3n) is 22.3. The molecule has 0 bridgehead atoms. The highest BCUT2D eigenvalue weighted by Gasteiger charge is 2.37. The molecule has 1 nitrogen and oxygen atoms in total. The van der Waals surface area contributed by atoms with Gasteiger partial charge in [-0.15, -0.1) is 0 Å². The number of fused-ring (bicyclic) bond motifs is 7. The molecule has 15 rings (SSSR count). The lowest BCUT2D eigenvalue weighted by atomic mass is 9.66. The van der Waals surface area contributed by atoms with Gasteiger partial charge in [-0.05, 0) is 205 Å². The summed E-state index contributed by atoms with van der Waals surface area (Å²) in [6.07, 6.45) is 1.04. The van der Waals surface area contributed by atoms with Crippen LogP contribution in [0.2, 0.25) is 0 Å². The van der Waals surface area contributed by atoms with Gasteiger partial charge in [0.2, 0.25) is 0 Å². The maximum absolute atomic E-state index is 13.3. The predicted molar refractivity (Wildman–Crippen MR) is 459 cm³/mol. The van der Waals surface area contributed by atoms with Crippen LogP contribution in [0.4, 0.5) is 0 Å². The second-order valence-electron chi connectivity index (χ2n) is 38.6. The summed E-state index contributed by atoms with van der Waals surface area (Å²) in [6, 6.07) is 76.8. The van der Waals surface area contributed by atoms with Crippen LogP contribution in [-0.2, 0) is 55.2 Å². The van der Waals surface area contributed by atoms with Crippen molar-refractivity contribution in [1.82, 2.24) is 0 Å². The third-order valence-corrected chi connectivity index (χ3v) is 22.3. The molecule has 0 unspecified atom stereocenters. The SMILES string of the molecule is C.C.CC(C)(C)c1ccc(-c2cccc3c(C(C)(C)C)cccc23)cc1.CC(C)(C)c1ccc2c(c1)C(=O)c1ccc(C(C)(C)C)c3cccc-2c13.CC(C)(C)c1ccc2c(c1)C(C)(C)c1ccc(C(C)(C)C)c3cccc-2c13.CC(C)(C)c1ccc2c(c1)Cc1ccc(C(C)(C)C)c3cccc-2c13. The fourth-order valence-corrected chi connectivity index (χ4v) is 16.3. The second-order valence-corrected chi connectivity index (χ2v) is 38.6. The van der Waals surface area contributed by atoms with Gasteiger partial charge in [0.25, 0.3) is 0 Å². The van der Waals surface area contributed by atoms with Crippen LogP contribution in [0.5, 0.6) is 0 Å². The van der Waals surface area contributed by atoms with Crippen LogP contribution < -0.4 is 0 Å². The third kappa shape index (κ3) is 14.6. The molecule has 0 saturated heterocycles. The molecule has 0 heterocycles. The Bertz CT molecular complexity index is 5260. The van der Waals surface area contributed by atoms with Gasteiger partial charge in [0.05, 0.1) is 0 Å². The summed E-state index contributed by atoms with van der Waals surface area (Å²) in [7, 11) is 0. The van der Waals surface area contributed by atoms with Gasteiger partial charge in [-0.3, -0.25) is 4.79 Å². The molecule has 0 aliphatic heterocycles. The van der Waals surface area contributed by atoms with E-state index in [1.807, 2.05) is 6.07 Å². The molecule has 0 spiro atoms. The highest BCUT2D eigenvalue weighted by molar-refractivity contribution is 6.26. The van der Waals surface area contributed by atoms with Gasteiger partial charge in [0, 0.05) is 21.9 Å². The van der Waals surface area contributed by atoms with Crippen LogP contribution in [-0.4, -0.2) is 5.78 Å². The zero-order valence-electron chi connectivity index (χ0n) is 66.7. The highest BCUT2D eigenvalue weighted by Crippen LogP contribution is 2.52. The van der Waals surface area contributed by atoms with E-state index in [4.69, 9.17) is 0 Å². The van der Waals surface area contributed by atoms with Crippen molar-refractivity contribution in [3.05, 3.63) is 284 Å². The molecule has 0 amide bonds. The molecular weight excluding hydrogens is 1250 g/mol. The first kappa shape index (κ1) is 78.0. The Kier molecular flexibility index (Phi) is 20.5. The molecule has 0 atom stereocenters. The smallest absolute Gasteiger partial charge is 0.194 e. The molecule has 0 N–H and O–H groups in total.